The summed E-state index contributed by atoms with van der Waals surface area (Å²) in [7, 11) is 0. The summed E-state index contributed by atoms with van der Waals surface area (Å²) in [5, 5.41) is 0. The first-order chi connectivity index (χ1) is 6.18. The van der Waals surface area contributed by atoms with Crippen molar-refractivity contribution < 1.29 is 0 Å². The molecule has 1 fully saturated rings. The number of H-pyrrole nitrogens is 1. The van der Waals surface area contributed by atoms with Gasteiger partial charge in [0.15, 0.2) is 0 Å². The number of aromatic amines is 1. The van der Waals surface area contributed by atoms with Gasteiger partial charge in [0.25, 0.3) is 0 Å². The van der Waals surface area contributed by atoms with Gasteiger partial charge in [-0.2, -0.15) is 0 Å². The summed E-state index contributed by atoms with van der Waals surface area (Å²) in [4.78, 5) is 7.66. The Morgan fingerprint density at radius 3 is 2.69 bits per heavy atom. The molecule has 1 aliphatic carbocycles. The summed E-state index contributed by atoms with van der Waals surface area (Å²) >= 11 is 8.55. The molecule has 0 spiro atoms. The van der Waals surface area contributed by atoms with Crippen molar-refractivity contribution in [1.29, 1.82) is 0 Å². The minimum Gasteiger partial charge on any atom is -0.346 e. The van der Waals surface area contributed by atoms with E-state index in [2.05, 4.69) is 25.9 Å². The number of aryl methyl sites for hydroxylation is 1. The maximum absolute atomic E-state index is 5.14. The second-order valence-corrected chi connectivity index (χ2v) is 4.67. The Labute approximate surface area is 90.9 Å². The molecule has 0 atom stereocenters. The summed E-state index contributed by atoms with van der Waals surface area (Å²) < 4.78 is 1.60. The Morgan fingerprint density at radius 1 is 1.54 bits per heavy atom. The fourth-order valence-electron chi connectivity index (χ4n) is 1.47. The predicted molar refractivity (Wildman–Crippen MR) is 58.5 cm³/mol. The molecule has 0 amide bonds. The third-order valence-electron chi connectivity index (χ3n) is 2.55. The van der Waals surface area contributed by atoms with Crippen molar-refractivity contribution in [3.8, 4) is 0 Å². The first-order valence-corrected chi connectivity index (χ1v) is 5.65. The summed E-state index contributed by atoms with van der Waals surface area (Å²) in [6.07, 6.45) is 3.82. The molecule has 4 heteroatoms. The number of hydrogen-bond acceptors (Lipinski definition) is 2. The maximum atomic E-state index is 5.14. The van der Waals surface area contributed by atoms with Gasteiger partial charge in [0.05, 0.1) is 4.47 Å². The van der Waals surface area contributed by atoms with Crippen LogP contribution in [0.4, 0.5) is 0 Å². The lowest BCUT2D eigenvalue weighted by Crippen LogP contribution is -2.13. The van der Waals surface area contributed by atoms with Gasteiger partial charge in [0.1, 0.15) is 10.5 Å². The average Bonchev–Trinajstić information content (AvgIpc) is 1.96. The van der Waals surface area contributed by atoms with Gasteiger partial charge in [-0.25, -0.2) is 4.98 Å². The molecular formula is C9H11BrN2S. The summed E-state index contributed by atoms with van der Waals surface area (Å²) in [6.45, 7) is 2.02. The van der Waals surface area contributed by atoms with Crippen LogP contribution in [0.15, 0.2) is 4.47 Å². The van der Waals surface area contributed by atoms with E-state index in [1.165, 1.54) is 19.3 Å². The minimum absolute atomic E-state index is 0.619. The second-order valence-electron chi connectivity index (χ2n) is 3.49. The smallest absolute Gasteiger partial charge is 0.144 e. The van der Waals surface area contributed by atoms with Gasteiger partial charge in [0, 0.05) is 11.6 Å². The highest BCUT2D eigenvalue weighted by Crippen LogP contribution is 2.34. The molecule has 0 unspecified atom stereocenters. The summed E-state index contributed by atoms with van der Waals surface area (Å²) in [5.74, 6) is 1.69. The van der Waals surface area contributed by atoms with Gasteiger partial charge in [-0.05, 0) is 35.7 Å². The zero-order valence-electron chi connectivity index (χ0n) is 7.43. The molecule has 0 saturated heterocycles. The van der Waals surface area contributed by atoms with E-state index in [4.69, 9.17) is 12.2 Å². The van der Waals surface area contributed by atoms with Crippen LogP contribution in [0, 0.1) is 11.6 Å². The summed E-state index contributed by atoms with van der Waals surface area (Å²) in [5.41, 5.74) is 1.09. The molecule has 0 bridgehead atoms. The molecule has 70 valence electrons. The van der Waals surface area contributed by atoms with Gasteiger partial charge >= 0.3 is 0 Å². The molecular weight excluding hydrogens is 248 g/mol. The van der Waals surface area contributed by atoms with Crippen LogP contribution in [-0.2, 0) is 0 Å². The topological polar surface area (TPSA) is 28.7 Å². The zero-order chi connectivity index (χ0) is 9.42. The fourth-order valence-corrected chi connectivity index (χ4v) is 1.91. The molecule has 1 aliphatic rings. The van der Waals surface area contributed by atoms with E-state index in [-0.39, 0.29) is 0 Å². The van der Waals surface area contributed by atoms with Crippen LogP contribution in [0.3, 0.4) is 0 Å². The van der Waals surface area contributed by atoms with Crippen molar-refractivity contribution in [1.82, 2.24) is 9.97 Å². The van der Waals surface area contributed by atoms with Crippen molar-refractivity contribution in [2.75, 3.05) is 0 Å². The van der Waals surface area contributed by atoms with Crippen molar-refractivity contribution in [2.45, 2.75) is 32.1 Å². The molecule has 1 aromatic rings. The lowest BCUT2D eigenvalue weighted by molar-refractivity contribution is 0.400. The van der Waals surface area contributed by atoms with Gasteiger partial charge in [-0.15, -0.1) is 0 Å². The number of aromatic nitrogens is 2. The van der Waals surface area contributed by atoms with E-state index in [1.54, 1.807) is 0 Å². The Hall–Kier alpha value is -0.220. The molecule has 13 heavy (non-hydrogen) atoms. The van der Waals surface area contributed by atoms with Crippen LogP contribution in [0.2, 0.25) is 0 Å². The average molecular weight is 259 g/mol. The van der Waals surface area contributed by atoms with Gasteiger partial charge in [-0.3, -0.25) is 0 Å². The van der Waals surface area contributed by atoms with Crippen molar-refractivity contribution in [3.63, 3.8) is 0 Å². The largest absolute Gasteiger partial charge is 0.346 e. The van der Waals surface area contributed by atoms with Crippen molar-refractivity contribution in [2.24, 2.45) is 0 Å². The number of hydrogen-bond donors (Lipinski definition) is 1. The second kappa shape index (κ2) is 3.50. The molecule has 2 nitrogen and oxygen atoms in total. The highest BCUT2D eigenvalue weighted by molar-refractivity contribution is 9.10. The highest BCUT2D eigenvalue weighted by Gasteiger charge is 2.22. The first-order valence-electron chi connectivity index (χ1n) is 4.45. The highest BCUT2D eigenvalue weighted by atomic mass is 79.9. The fraction of sp³-hybridized carbons (Fsp3) is 0.556. The molecule has 0 aliphatic heterocycles. The SMILES string of the molecule is Cc1[nH]c(C2CCC2)nc(=S)c1Br. The van der Waals surface area contributed by atoms with Crippen LogP contribution in [0.1, 0.15) is 36.7 Å². The molecule has 1 aromatic heterocycles. The quantitative estimate of drug-likeness (QED) is 0.782. The Bertz CT molecular complexity index is 382. The van der Waals surface area contributed by atoms with Crippen LogP contribution in [0.5, 0.6) is 0 Å². The molecule has 1 saturated carbocycles. The number of nitrogens with zero attached hydrogens (tertiary/aromatic N) is 1. The van der Waals surface area contributed by atoms with Gasteiger partial charge < -0.3 is 4.98 Å². The molecule has 2 rings (SSSR count). The van der Waals surface area contributed by atoms with Crippen LogP contribution >= 0.6 is 28.1 Å². The van der Waals surface area contributed by atoms with Gasteiger partial charge in [0.2, 0.25) is 0 Å². The van der Waals surface area contributed by atoms with Crippen LogP contribution < -0.4 is 0 Å². The third kappa shape index (κ3) is 1.70. The predicted octanol–water partition coefficient (Wildman–Crippen LogP) is 3.48. The number of halogens is 1. The van der Waals surface area contributed by atoms with Crippen LogP contribution in [0.25, 0.3) is 0 Å². The van der Waals surface area contributed by atoms with E-state index in [0.717, 1.165) is 16.0 Å². The Morgan fingerprint density at radius 2 is 2.23 bits per heavy atom. The molecule has 1 N–H and O–H groups in total. The van der Waals surface area contributed by atoms with Crippen molar-refractivity contribution >= 4 is 28.1 Å². The normalized spacial score (nSPS) is 17.1. The van der Waals surface area contributed by atoms with Crippen molar-refractivity contribution in [3.05, 3.63) is 20.6 Å². The summed E-state index contributed by atoms with van der Waals surface area (Å²) in [6, 6.07) is 0. The van der Waals surface area contributed by atoms with Crippen LogP contribution in [-0.4, -0.2) is 9.97 Å². The molecule has 1 heterocycles. The molecule has 0 aromatic carbocycles. The van der Waals surface area contributed by atoms with E-state index in [1.807, 2.05) is 6.92 Å². The standard InChI is InChI=1S/C9H11BrN2S/c1-5-7(10)9(13)12-8(11-5)6-3-2-4-6/h6H,2-4H2,1H3,(H,11,12,13). The Kier molecular flexibility index (Phi) is 2.51. The van der Waals surface area contributed by atoms with E-state index in [9.17, 15) is 0 Å². The maximum Gasteiger partial charge on any atom is 0.144 e. The zero-order valence-corrected chi connectivity index (χ0v) is 9.83. The first kappa shape index (κ1) is 9.34. The number of nitrogens with one attached hydrogen (secondary N) is 1. The number of rotatable bonds is 1. The van der Waals surface area contributed by atoms with E-state index < -0.39 is 0 Å². The monoisotopic (exact) mass is 258 g/mol. The lowest BCUT2D eigenvalue weighted by atomic mass is 9.85. The third-order valence-corrected chi connectivity index (χ3v) is 4.07. The van der Waals surface area contributed by atoms with E-state index in [0.29, 0.717) is 10.6 Å². The van der Waals surface area contributed by atoms with Gasteiger partial charge in [-0.1, -0.05) is 18.6 Å². The minimum atomic E-state index is 0.619. The lowest BCUT2D eigenvalue weighted by Gasteiger charge is -2.24. The molecule has 0 radical (unpaired) electrons. The Balaban J connectivity index is 2.43. The van der Waals surface area contributed by atoms with E-state index >= 15 is 0 Å².